The van der Waals surface area contributed by atoms with E-state index < -0.39 is 6.04 Å². The van der Waals surface area contributed by atoms with Crippen LogP contribution in [0.25, 0.3) is 0 Å². The maximum Gasteiger partial charge on any atom is 0.242 e. The van der Waals surface area contributed by atoms with Crippen molar-refractivity contribution in [1.29, 1.82) is 0 Å². The molecule has 4 heteroatoms. The number of hydrogen-bond acceptors (Lipinski definition) is 3. The van der Waals surface area contributed by atoms with E-state index in [1.54, 1.807) is 0 Å². The first-order valence-electron chi connectivity index (χ1n) is 9.64. The van der Waals surface area contributed by atoms with Crippen molar-refractivity contribution in [3.63, 3.8) is 0 Å². The molecule has 0 aliphatic carbocycles. The normalized spacial score (nSPS) is 15.5. The summed E-state index contributed by atoms with van der Waals surface area (Å²) in [5.41, 5.74) is 2.28. The molecule has 2 N–H and O–H groups in total. The lowest BCUT2D eigenvalue weighted by molar-refractivity contribution is -0.141. The second-order valence-electron chi connectivity index (χ2n) is 7.18. The van der Waals surface area contributed by atoms with Crippen molar-refractivity contribution in [3.05, 3.63) is 0 Å². The van der Waals surface area contributed by atoms with Gasteiger partial charge in [-0.05, 0) is 24.7 Å². The highest BCUT2D eigenvalue weighted by atomic mass is 16.5. The number of nitrogens with one attached hydrogen (secondary N) is 1. The van der Waals surface area contributed by atoms with Crippen LogP contribution in [0.3, 0.4) is 0 Å². The fourth-order valence-electron chi connectivity index (χ4n) is 3.13. The smallest absolute Gasteiger partial charge is 0.242 e. The summed E-state index contributed by atoms with van der Waals surface area (Å²) in [6.07, 6.45) is 7.59. The molecule has 4 nitrogen and oxygen atoms in total. The van der Waals surface area contributed by atoms with E-state index in [2.05, 4.69) is 40.1 Å². The van der Waals surface area contributed by atoms with Gasteiger partial charge in [0.1, 0.15) is 6.04 Å². The second kappa shape index (κ2) is 12.8. The summed E-state index contributed by atoms with van der Waals surface area (Å²) in [6.45, 7) is 13.6. The molecule has 0 saturated heterocycles. The summed E-state index contributed by atoms with van der Waals surface area (Å²) in [5, 5.41) is 9.51. The Morgan fingerprint density at radius 3 is 2.13 bits per heavy atom. The minimum atomic E-state index is -0.496. The van der Waals surface area contributed by atoms with E-state index in [4.69, 9.17) is 0 Å². The van der Waals surface area contributed by atoms with Gasteiger partial charge in [-0.25, -0.2) is 0 Å². The third kappa shape index (κ3) is 7.67. The van der Waals surface area contributed by atoms with Gasteiger partial charge in [-0.15, -0.1) is 0 Å². The molecular formula is C19H40N2O2. The number of rotatable bonds is 13. The lowest BCUT2D eigenvalue weighted by Gasteiger charge is -2.38. The molecule has 0 rings (SSSR count). The minimum Gasteiger partial charge on any atom is -0.338 e. The Balaban J connectivity index is 5.15. The molecule has 0 aromatic rings. The Bertz CT molecular complexity index is 308. The van der Waals surface area contributed by atoms with E-state index in [0.29, 0.717) is 5.92 Å². The number of hydroxylamine groups is 1. The van der Waals surface area contributed by atoms with Crippen LogP contribution in [0.5, 0.6) is 0 Å². The van der Waals surface area contributed by atoms with Crippen molar-refractivity contribution >= 4 is 5.91 Å². The molecule has 0 spiro atoms. The van der Waals surface area contributed by atoms with Gasteiger partial charge in [0.15, 0.2) is 0 Å². The van der Waals surface area contributed by atoms with Gasteiger partial charge in [-0.3, -0.25) is 4.79 Å². The lowest BCUT2D eigenvalue weighted by atomic mass is 9.93. The van der Waals surface area contributed by atoms with E-state index in [9.17, 15) is 10.0 Å². The van der Waals surface area contributed by atoms with Crippen LogP contribution in [0.2, 0.25) is 0 Å². The zero-order valence-electron chi connectivity index (χ0n) is 16.3. The van der Waals surface area contributed by atoms with E-state index in [-0.39, 0.29) is 17.9 Å². The van der Waals surface area contributed by atoms with Gasteiger partial charge in [0.05, 0.1) is 0 Å². The first kappa shape index (κ1) is 22.4. The molecule has 3 atom stereocenters. The number of nitrogens with zero attached hydrogens (tertiary/aromatic N) is 1. The van der Waals surface area contributed by atoms with Gasteiger partial charge in [-0.2, -0.15) is 5.48 Å². The zero-order valence-corrected chi connectivity index (χ0v) is 16.3. The van der Waals surface area contributed by atoms with Crippen LogP contribution >= 0.6 is 0 Å². The van der Waals surface area contributed by atoms with Crippen LogP contribution in [0.15, 0.2) is 0 Å². The van der Waals surface area contributed by atoms with Crippen molar-refractivity contribution in [2.24, 2.45) is 11.8 Å². The van der Waals surface area contributed by atoms with Gasteiger partial charge >= 0.3 is 0 Å². The van der Waals surface area contributed by atoms with Crippen LogP contribution < -0.4 is 5.48 Å². The predicted molar refractivity (Wildman–Crippen MR) is 97.6 cm³/mol. The topological polar surface area (TPSA) is 52.6 Å². The van der Waals surface area contributed by atoms with Crippen LogP contribution in [0.1, 0.15) is 86.5 Å². The number of carbonyl (C=O) groups is 1. The SMILES string of the molecule is CCCCCCN(C(=O)[C@@H](NO)[C@@H](C)CC)[C@H](CCC)C(C)C. The zero-order chi connectivity index (χ0) is 17.8. The summed E-state index contributed by atoms with van der Waals surface area (Å²) in [4.78, 5) is 15.1. The Kier molecular flexibility index (Phi) is 12.4. The Morgan fingerprint density at radius 1 is 1.04 bits per heavy atom. The number of carbonyl (C=O) groups excluding carboxylic acids is 1. The second-order valence-corrected chi connectivity index (χ2v) is 7.18. The van der Waals surface area contributed by atoms with Crippen LogP contribution in [-0.2, 0) is 4.79 Å². The molecule has 1 amide bonds. The average molecular weight is 329 g/mol. The maximum absolute atomic E-state index is 13.1. The van der Waals surface area contributed by atoms with E-state index in [1.807, 2.05) is 11.8 Å². The van der Waals surface area contributed by atoms with Crippen molar-refractivity contribution in [1.82, 2.24) is 10.4 Å². The third-order valence-corrected chi connectivity index (χ3v) is 4.91. The predicted octanol–water partition coefficient (Wildman–Crippen LogP) is 4.61. The monoisotopic (exact) mass is 328 g/mol. The van der Waals surface area contributed by atoms with Crippen LogP contribution in [0, 0.1) is 11.8 Å². The Hall–Kier alpha value is -0.610. The first-order chi connectivity index (χ1) is 10.9. The molecule has 0 aromatic carbocycles. The summed E-state index contributed by atoms with van der Waals surface area (Å²) in [7, 11) is 0. The van der Waals surface area contributed by atoms with Crippen molar-refractivity contribution < 1.29 is 10.0 Å². The van der Waals surface area contributed by atoms with E-state index in [1.165, 1.54) is 12.8 Å². The standard InChI is InChI=1S/C19H40N2O2/c1-7-10-11-12-14-21(17(13-8-2)15(4)5)19(22)18(20-23)16(6)9-3/h15-18,20,23H,7-14H2,1-6H3/t16-,17+,18-/m0/s1. The Labute approximate surface area is 144 Å². The van der Waals surface area contributed by atoms with Gasteiger partial charge < -0.3 is 10.1 Å². The molecular weight excluding hydrogens is 288 g/mol. The quantitative estimate of drug-likeness (QED) is 0.383. The molecule has 23 heavy (non-hydrogen) atoms. The lowest BCUT2D eigenvalue weighted by Crippen LogP contribution is -2.53. The summed E-state index contributed by atoms with van der Waals surface area (Å²) in [6, 6.07) is -0.238. The summed E-state index contributed by atoms with van der Waals surface area (Å²) < 4.78 is 0. The maximum atomic E-state index is 13.1. The van der Waals surface area contributed by atoms with Gasteiger partial charge in [0, 0.05) is 12.6 Å². The van der Waals surface area contributed by atoms with Crippen molar-refractivity contribution in [2.45, 2.75) is 98.6 Å². The van der Waals surface area contributed by atoms with E-state index >= 15 is 0 Å². The molecule has 0 heterocycles. The fourth-order valence-corrected chi connectivity index (χ4v) is 3.13. The van der Waals surface area contributed by atoms with E-state index in [0.717, 1.165) is 38.6 Å². The molecule has 0 aliphatic rings. The van der Waals surface area contributed by atoms with Crippen LogP contribution in [0.4, 0.5) is 0 Å². The fraction of sp³-hybridized carbons (Fsp3) is 0.947. The largest absolute Gasteiger partial charge is 0.338 e. The molecule has 0 radical (unpaired) electrons. The highest BCUT2D eigenvalue weighted by Crippen LogP contribution is 2.21. The first-order valence-corrected chi connectivity index (χ1v) is 9.64. The number of unbranched alkanes of at least 4 members (excludes halogenated alkanes) is 3. The van der Waals surface area contributed by atoms with Gasteiger partial charge in [0.2, 0.25) is 5.91 Å². The number of amides is 1. The van der Waals surface area contributed by atoms with Crippen molar-refractivity contribution in [3.8, 4) is 0 Å². The van der Waals surface area contributed by atoms with Crippen LogP contribution in [-0.4, -0.2) is 34.6 Å². The van der Waals surface area contributed by atoms with Crippen molar-refractivity contribution in [2.75, 3.05) is 6.54 Å². The highest BCUT2D eigenvalue weighted by Gasteiger charge is 2.32. The molecule has 0 unspecified atom stereocenters. The molecule has 0 aromatic heterocycles. The molecule has 0 aliphatic heterocycles. The summed E-state index contributed by atoms with van der Waals surface area (Å²) >= 11 is 0. The molecule has 138 valence electrons. The van der Waals surface area contributed by atoms with Gasteiger partial charge in [0.25, 0.3) is 0 Å². The van der Waals surface area contributed by atoms with Gasteiger partial charge in [-0.1, -0.05) is 73.6 Å². The average Bonchev–Trinajstić information content (AvgIpc) is 2.53. The highest BCUT2D eigenvalue weighted by molar-refractivity contribution is 5.82. The molecule has 0 fully saturated rings. The number of hydrogen-bond donors (Lipinski definition) is 2. The molecule has 0 saturated carbocycles. The molecule has 0 bridgehead atoms. The minimum absolute atomic E-state index is 0.0606. The summed E-state index contributed by atoms with van der Waals surface area (Å²) in [5.74, 6) is 0.618. The Morgan fingerprint density at radius 2 is 1.70 bits per heavy atom. The third-order valence-electron chi connectivity index (χ3n) is 4.91.